The van der Waals surface area contributed by atoms with Gasteiger partial charge in [-0.15, -0.1) is 0 Å². The molecule has 1 fully saturated rings. The number of halogens is 2. The van der Waals surface area contributed by atoms with Crippen molar-refractivity contribution in [3.8, 4) is 28.5 Å². The molecule has 6 rings (SSSR count). The van der Waals surface area contributed by atoms with Crippen molar-refractivity contribution >= 4 is 35.3 Å². The minimum atomic E-state index is -1.59. The maximum absolute atomic E-state index is 14.3. The Morgan fingerprint density at radius 2 is 1.83 bits per heavy atom. The quantitative estimate of drug-likeness (QED) is 0.107. The molecule has 1 aliphatic carbocycles. The number of nitrogens with zero attached hydrogens (tertiary/aromatic N) is 2. The lowest BCUT2D eigenvalue weighted by Gasteiger charge is -2.23. The number of carbonyl (C=O) groups is 2. The molecule has 248 valence electrons. The first kappa shape index (κ1) is 32.8. The van der Waals surface area contributed by atoms with Crippen LogP contribution in [0.5, 0.6) is 17.2 Å². The Labute approximate surface area is 282 Å². The van der Waals surface area contributed by atoms with E-state index in [4.69, 9.17) is 42.3 Å². The van der Waals surface area contributed by atoms with Crippen molar-refractivity contribution in [1.29, 1.82) is 0 Å². The van der Waals surface area contributed by atoms with Crippen LogP contribution in [0.3, 0.4) is 0 Å². The number of anilines is 1. The summed E-state index contributed by atoms with van der Waals surface area (Å²) in [6, 6.07) is 19.7. The molecule has 4 aromatic rings. The van der Waals surface area contributed by atoms with E-state index < -0.39 is 28.9 Å². The summed E-state index contributed by atoms with van der Waals surface area (Å²) in [5, 5.41) is 3.34. The highest BCUT2D eigenvalue weighted by Crippen LogP contribution is 2.48. The molecule has 0 unspecified atom stereocenters. The van der Waals surface area contributed by atoms with E-state index in [9.17, 15) is 14.0 Å². The zero-order valence-electron chi connectivity index (χ0n) is 26.7. The molecule has 2 aliphatic rings. The number of fused-ring (bicyclic) bond motifs is 1. The molecule has 0 saturated heterocycles. The molecule has 2 atom stereocenters. The van der Waals surface area contributed by atoms with Crippen LogP contribution in [-0.4, -0.2) is 56.2 Å². The molecule has 2 heterocycles. The lowest BCUT2D eigenvalue weighted by molar-refractivity contribution is -0.123. The number of methoxy groups -OCH3 is 2. The Balaban J connectivity index is 1.42. The zero-order chi connectivity index (χ0) is 34.2. The predicted octanol–water partition coefficient (Wildman–Crippen LogP) is 5.58. The van der Waals surface area contributed by atoms with Crippen LogP contribution in [0.15, 0.2) is 71.7 Å². The Bertz CT molecular complexity index is 1930. The van der Waals surface area contributed by atoms with Crippen LogP contribution >= 0.6 is 11.6 Å². The average Bonchev–Trinajstić information content (AvgIpc) is 3.73. The summed E-state index contributed by atoms with van der Waals surface area (Å²) in [7, 11) is 2.96. The fourth-order valence-electron chi connectivity index (χ4n) is 5.67. The number of alkyl halides is 1. The highest BCUT2D eigenvalue weighted by atomic mass is 35.5. The molecule has 1 aliphatic heterocycles. The van der Waals surface area contributed by atoms with Crippen molar-refractivity contribution in [2.45, 2.75) is 36.9 Å². The van der Waals surface area contributed by atoms with Crippen molar-refractivity contribution in [3.63, 3.8) is 0 Å². The predicted molar refractivity (Wildman–Crippen MR) is 182 cm³/mol. The van der Waals surface area contributed by atoms with Crippen LogP contribution in [0, 0.1) is 0 Å². The highest BCUT2D eigenvalue weighted by molar-refractivity contribution is 6.34. The first-order chi connectivity index (χ1) is 23.0. The van der Waals surface area contributed by atoms with Gasteiger partial charge < -0.3 is 31.0 Å². The van der Waals surface area contributed by atoms with Crippen LogP contribution in [0.4, 0.5) is 10.1 Å². The third-order valence-electron chi connectivity index (χ3n) is 8.85. The summed E-state index contributed by atoms with van der Waals surface area (Å²) in [6.07, 6.45) is 2.02. The van der Waals surface area contributed by atoms with Crippen LogP contribution in [0.2, 0.25) is 5.02 Å². The number of ether oxygens (including phenoxy) is 3. The molecular weight excluding hydrogens is 637 g/mol. The van der Waals surface area contributed by atoms with Crippen molar-refractivity contribution in [1.82, 2.24) is 10.3 Å². The molecule has 0 radical (unpaired) electrons. The van der Waals surface area contributed by atoms with Gasteiger partial charge in [0.25, 0.3) is 5.91 Å². The topological polar surface area (TPSA) is 151 Å². The highest BCUT2D eigenvalue weighted by Gasteiger charge is 2.45. The second-order valence-corrected chi connectivity index (χ2v) is 12.5. The van der Waals surface area contributed by atoms with E-state index in [1.165, 1.54) is 26.5 Å². The summed E-state index contributed by atoms with van der Waals surface area (Å²) in [6.45, 7) is 1.86. The molecule has 0 bridgehead atoms. The summed E-state index contributed by atoms with van der Waals surface area (Å²) < 4.78 is 31.2. The van der Waals surface area contributed by atoms with Crippen LogP contribution in [0.1, 0.15) is 58.4 Å². The van der Waals surface area contributed by atoms with E-state index in [-0.39, 0.29) is 30.2 Å². The van der Waals surface area contributed by atoms with Crippen molar-refractivity contribution in [2.75, 3.05) is 33.1 Å². The number of hydrogen-bond donors (Lipinski definition) is 3. The fraction of sp³-hybridized carbons (Fsp3) is 0.278. The van der Waals surface area contributed by atoms with Crippen LogP contribution in [-0.2, 0) is 10.2 Å². The van der Waals surface area contributed by atoms with E-state index in [2.05, 4.69) is 10.3 Å². The number of amides is 2. The number of nitrogens with two attached hydrogens (primary N) is 2. The van der Waals surface area contributed by atoms with E-state index >= 15 is 0 Å². The monoisotopic (exact) mass is 671 g/mol. The normalized spacial score (nSPS) is 18.1. The number of aliphatic imine (C=N–C) groups is 1. The molecule has 1 aromatic heterocycles. The zero-order valence-corrected chi connectivity index (χ0v) is 27.4. The van der Waals surface area contributed by atoms with Gasteiger partial charge in [0.2, 0.25) is 5.91 Å². The molecular formula is C36H35ClFN5O5. The van der Waals surface area contributed by atoms with Gasteiger partial charge in [-0.3, -0.25) is 14.6 Å². The lowest BCUT2D eigenvalue weighted by Crippen LogP contribution is -2.40. The maximum Gasteiger partial charge on any atom is 0.251 e. The number of primary amides is 1. The summed E-state index contributed by atoms with van der Waals surface area (Å²) in [5.74, 6) is -1.95. The van der Waals surface area contributed by atoms with Gasteiger partial charge in [0, 0.05) is 53.8 Å². The SMILES string of the molecule is COc1cc(C(=O)NC[C@@H](c2ccccc2)c2cc3c(c(-c4cccc(OC)c4Cl)n2)OC[C@]3(C)C(N)=O)cc(/C=N/C2(F)CC2)c1N. The molecule has 3 aromatic carbocycles. The molecule has 1 saturated carbocycles. The smallest absolute Gasteiger partial charge is 0.251 e. The fourth-order valence-corrected chi connectivity index (χ4v) is 5.96. The van der Waals surface area contributed by atoms with E-state index in [0.717, 1.165) is 5.56 Å². The van der Waals surface area contributed by atoms with Crippen molar-refractivity contribution in [2.24, 2.45) is 10.7 Å². The van der Waals surface area contributed by atoms with Gasteiger partial charge in [-0.1, -0.05) is 54.1 Å². The third-order valence-corrected chi connectivity index (χ3v) is 9.24. The number of aromatic nitrogens is 1. The van der Waals surface area contributed by atoms with E-state index in [1.54, 1.807) is 37.3 Å². The van der Waals surface area contributed by atoms with Gasteiger partial charge in [0.1, 0.15) is 35.0 Å². The molecule has 48 heavy (non-hydrogen) atoms. The van der Waals surface area contributed by atoms with Gasteiger partial charge in [-0.25, -0.2) is 9.37 Å². The second-order valence-electron chi connectivity index (χ2n) is 12.1. The second kappa shape index (κ2) is 12.8. The minimum Gasteiger partial charge on any atom is -0.495 e. The standard InChI is InChI=1S/C36H35ClFN5O5/c1-35(34(40)45)19-48-32-25(35)16-26(43-31(32)23-10-7-11-27(46-2)29(23)37)24(20-8-5-4-6-9-20)18-41-33(44)21-14-22(17-42-36(38)12-13-36)30(39)28(15-21)47-3/h4-11,14-17,24H,12-13,18-19,39H2,1-3H3,(H2,40,45)(H,41,44)/b42-17+/t24-,35-/m0/s1. The average molecular weight is 672 g/mol. The van der Waals surface area contributed by atoms with Gasteiger partial charge in [0.05, 0.1) is 30.6 Å². The minimum absolute atomic E-state index is 0.0261. The summed E-state index contributed by atoms with van der Waals surface area (Å²) in [5.41, 5.74) is 14.8. The van der Waals surface area contributed by atoms with Crippen LogP contribution < -0.4 is 31.0 Å². The number of pyridine rings is 1. The molecule has 10 nitrogen and oxygen atoms in total. The summed E-state index contributed by atoms with van der Waals surface area (Å²) >= 11 is 6.78. The van der Waals surface area contributed by atoms with Crippen molar-refractivity contribution in [3.05, 3.63) is 99.7 Å². The van der Waals surface area contributed by atoms with Gasteiger partial charge in [-0.2, -0.15) is 0 Å². The first-order valence-corrected chi connectivity index (χ1v) is 15.7. The molecule has 2 amide bonds. The Morgan fingerprint density at radius 1 is 1.10 bits per heavy atom. The number of carbonyl (C=O) groups excluding carboxylic acids is 2. The lowest BCUT2D eigenvalue weighted by atomic mass is 9.81. The molecule has 12 heteroatoms. The first-order valence-electron chi connectivity index (χ1n) is 15.3. The number of nitrogen functional groups attached to an aromatic ring is 1. The van der Waals surface area contributed by atoms with Gasteiger partial charge in [0.15, 0.2) is 5.79 Å². The van der Waals surface area contributed by atoms with E-state index in [0.29, 0.717) is 57.4 Å². The third kappa shape index (κ3) is 6.13. The van der Waals surface area contributed by atoms with Gasteiger partial charge >= 0.3 is 0 Å². The van der Waals surface area contributed by atoms with Gasteiger partial charge in [-0.05, 0) is 36.8 Å². The number of nitrogens with one attached hydrogen (secondary N) is 1. The number of hydrogen-bond acceptors (Lipinski definition) is 8. The van der Waals surface area contributed by atoms with E-state index in [1.807, 2.05) is 30.3 Å². The Hall–Kier alpha value is -5.16. The maximum atomic E-state index is 14.3. The Kier molecular flexibility index (Phi) is 8.74. The van der Waals surface area contributed by atoms with Crippen molar-refractivity contribution < 1.29 is 28.2 Å². The molecule has 5 N–H and O–H groups in total. The summed E-state index contributed by atoms with van der Waals surface area (Å²) in [4.78, 5) is 35.5. The largest absolute Gasteiger partial charge is 0.495 e. The number of benzene rings is 3. The Morgan fingerprint density at radius 3 is 2.50 bits per heavy atom. The number of rotatable bonds is 11. The molecule has 0 spiro atoms. The van der Waals surface area contributed by atoms with Crippen LogP contribution in [0.25, 0.3) is 11.3 Å².